The SMILES string of the molecule is O=C(c1ccc(-c2cccc3c2Nc2ccccc2S3)cc1)c1ccc(-c2cccc3c2[nH]c2ccccc23)cc1. The van der Waals surface area contributed by atoms with E-state index < -0.39 is 0 Å². The first kappa shape index (κ1) is 23.8. The molecule has 1 aromatic heterocycles. The molecular weight excluding hydrogens is 520 g/mol. The Labute approximate surface area is 241 Å². The molecule has 2 N–H and O–H groups in total. The summed E-state index contributed by atoms with van der Waals surface area (Å²) in [5.74, 6) is 0.0182. The lowest BCUT2D eigenvalue weighted by atomic mass is 9.96. The number of benzene rings is 6. The highest BCUT2D eigenvalue weighted by atomic mass is 32.2. The first-order chi connectivity index (χ1) is 20.2. The zero-order chi connectivity index (χ0) is 27.3. The number of hydrogen-bond acceptors (Lipinski definition) is 3. The number of hydrogen-bond donors (Lipinski definition) is 2. The van der Waals surface area contributed by atoms with Crippen LogP contribution in [0.5, 0.6) is 0 Å². The van der Waals surface area contributed by atoms with Crippen molar-refractivity contribution < 1.29 is 4.79 Å². The van der Waals surface area contributed by atoms with Gasteiger partial charge in [-0.05, 0) is 35.4 Å². The van der Waals surface area contributed by atoms with E-state index in [1.807, 2.05) is 54.6 Å². The Kier molecular flexibility index (Phi) is 5.54. The van der Waals surface area contributed by atoms with Crippen molar-refractivity contribution in [2.24, 2.45) is 0 Å². The Morgan fingerprint density at radius 2 is 1.15 bits per heavy atom. The van der Waals surface area contributed by atoms with Gasteiger partial charge in [0.15, 0.2) is 5.78 Å². The topological polar surface area (TPSA) is 44.9 Å². The number of nitrogens with one attached hydrogen (secondary N) is 2. The average molecular weight is 545 g/mol. The first-order valence-electron chi connectivity index (χ1n) is 13.6. The number of carbonyl (C=O) groups excluding carboxylic acids is 1. The van der Waals surface area contributed by atoms with Gasteiger partial charge in [-0.15, -0.1) is 0 Å². The lowest BCUT2D eigenvalue weighted by molar-refractivity contribution is 0.103. The highest BCUT2D eigenvalue weighted by molar-refractivity contribution is 7.99. The van der Waals surface area contributed by atoms with Crippen LogP contribution in [0.2, 0.25) is 0 Å². The van der Waals surface area contributed by atoms with E-state index in [0.717, 1.165) is 44.7 Å². The summed E-state index contributed by atoms with van der Waals surface area (Å²) in [6.45, 7) is 0. The maximum absolute atomic E-state index is 13.4. The molecule has 8 rings (SSSR count). The van der Waals surface area contributed by atoms with Crippen LogP contribution in [0, 0.1) is 0 Å². The van der Waals surface area contributed by atoms with Gasteiger partial charge in [0.05, 0.1) is 16.9 Å². The van der Waals surface area contributed by atoms with Crippen LogP contribution in [-0.2, 0) is 0 Å². The van der Waals surface area contributed by atoms with Crippen LogP contribution < -0.4 is 5.32 Å². The van der Waals surface area contributed by atoms with E-state index in [-0.39, 0.29) is 5.78 Å². The molecule has 0 aliphatic carbocycles. The minimum atomic E-state index is 0.0182. The monoisotopic (exact) mass is 544 g/mol. The summed E-state index contributed by atoms with van der Waals surface area (Å²) in [6, 6.07) is 45.3. The second-order valence-electron chi connectivity index (χ2n) is 10.3. The number of aromatic amines is 1. The van der Waals surface area contributed by atoms with Gasteiger partial charge in [0.25, 0.3) is 0 Å². The predicted molar refractivity (Wildman–Crippen MR) is 170 cm³/mol. The first-order valence-corrected chi connectivity index (χ1v) is 14.5. The normalized spacial score (nSPS) is 12.1. The van der Waals surface area contributed by atoms with Crippen LogP contribution in [-0.4, -0.2) is 10.8 Å². The lowest BCUT2D eigenvalue weighted by Crippen LogP contribution is -2.02. The van der Waals surface area contributed by atoms with E-state index in [0.29, 0.717) is 11.1 Å². The Hall–Kier alpha value is -5.06. The van der Waals surface area contributed by atoms with Gasteiger partial charge in [-0.1, -0.05) is 121 Å². The van der Waals surface area contributed by atoms with E-state index in [1.165, 1.54) is 20.6 Å². The Morgan fingerprint density at radius 1 is 0.537 bits per heavy atom. The molecule has 0 fully saturated rings. The zero-order valence-electron chi connectivity index (χ0n) is 22.0. The number of fused-ring (bicyclic) bond motifs is 5. The quantitative estimate of drug-likeness (QED) is 0.217. The standard InChI is InChI=1S/C37H24N2OS/c40-37(25-19-15-23(16-20-25)27-8-5-10-30-29-7-1-2-11-31(29)38-35(27)30)26-21-17-24(18-22-26)28-9-6-14-34-36(28)39-32-12-3-4-13-33(32)41-34/h1-22,38-39H. The van der Waals surface area contributed by atoms with Crippen molar-refractivity contribution in [3.8, 4) is 22.3 Å². The van der Waals surface area contributed by atoms with Crippen molar-refractivity contribution in [2.45, 2.75) is 9.79 Å². The van der Waals surface area contributed by atoms with E-state index in [4.69, 9.17) is 0 Å². The minimum Gasteiger partial charge on any atom is -0.354 e. The average Bonchev–Trinajstić information content (AvgIpc) is 3.42. The van der Waals surface area contributed by atoms with Crippen molar-refractivity contribution >= 4 is 50.7 Å². The summed E-state index contributed by atoms with van der Waals surface area (Å²) in [5.41, 5.74) is 10.2. The van der Waals surface area contributed by atoms with Crippen molar-refractivity contribution in [2.75, 3.05) is 5.32 Å². The minimum absolute atomic E-state index is 0.0182. The Morgan fingerprint density at radius 3 is 1.95 bits per heavy atom. The molecule has 4 heteroatoms. The number of para-hydroxylation sites is 4. The van der Waals surface area contributed by atoms with Crippen LogP contribution in [0.3, 0.4) is 0 Å². The van der Waals surface area contributed by atoms with Crippen molar-refractivity contribution in [1.29, 1.82) is 0 Å². The highest BCUT2D eigenvalue weighted by Gasteiger charge is 2.19. The third-order valence-electron chi connectivity index (χ3n) is 7.85. The third-order valence-corrected chi connectivity index (χ3v) is 8.99. The van der Waals surface area contributed by atoms with Crippen LogP contribution >= 0.6 is 11.8 Å². The summed E-state index contributed by atoms with van der Waals surface area (Å²) < 4.78 is 0. The van der Waals surface area contributed by atoms with E-state index in [2.05, 4.69) is 89.2 Å². The molecule has 1 aliphatic rings. The predicted octanol–water partition coefficient (Wildman–Crippen LogP) is 10.1. The van der Waals surface area contributed by atoms with Crippen LogP contribution in [0.4, 0.5) is 11.4 Å². The maximum Gasteiger partial charge on any atom is 0.193 e. The van der Waals surface area contributed by atoms with Gasteiger partial charge in [0, 0.05) is 48.3 Å². The molecule has 3 nitrogen and oxygen atoms in total. The molecule has 0 unspecified atom stereocenters. The van der Waals surface area contributed by atoms with Crippen molar-refractivity contribution in [1.82, 2.24) is 4.98 Å². The van der Waals surface area contributed by atoms with Gasteiger partial charge < -0.3 is 10.3 Å². The summed E-state index contributed by atoms with van der Waals surface area (Å²) in [4.78, 5) is 19.4. The number of anilines is 2. The molecule has 0 radical (unpaired) electrons. The summed E-state index contributed by atoms with van der Waals surface area (Å²) in [7, 11) is 0. The molecule has 2 heterocycles. The van der Waals surface area contributed by atoms with Gasteiger partial charge in [-0.25, -0.2) is 0 Å². The van der Waals surface area contributed by atoms with E-state index >= 15 is 0 Å². The number of rotatable bonds is 4. The van der Waals surface area contributed by atoms with Crippen molar-refractivity contribution in [3.63, 3.8) is 0 Å². The van der Waals surface area contributed by atoms with Gasteiger partial charge in [-0.2, -0.15) is 0 Å². The van der Waals surface area contributed by atoms with Gasteiger partial charge in [0.2, 0.25) is 0 Å². The smallest absolute Gasteiger partial charge is 0.193 e. The zero-order valence-corrected chi connectivity index (χ0v) is 22.8. The molecule has 41 heavy (non-hydrogen) atoms. The third kappa shape index (κ3) is 4.03. The Bertz CT molecular complexity index is 2110. The fourth-order valence-electron chi connectivity index (χ4n) is 5.78. The number of carbonyl (C=O) groups is 1. The molecule has 0 saturated heterocycles. The number of aromatic nitrogens is 1. The second-order valence-corrected chi connectivity index (χ2v) is 11.4. The molecule has 0 saturated carbocycles. The van der Waals surface area contributed by atoms with Gasteiger partial charge in [0.1, 0.15) is 0 Å². The molecule has 0 amide bonds. The fourth-order valence-corrected chi connectivity index (χ4v) is 6.80. The van der Waals surface area contributed by atoms with Gasteiger partial charge >= 0.3 is 0 Å². The van der Waals surface area contributed by atoms with Crippen molar-refractivity contribution in [3.05, 3.63) is 145 Å². The second kappa shape index (κ2) is 9.54. The largest absolute Gasteiger partial charge is 0.354 e. The molecule has 0 spiro atoms. The van der Waals surface area contributed by atoms with Crippen LogP contribution in [0.25, 0.3) is 44.1 Å². The molecule has 194 valence electrons. The highest BCUT2D eigenvalue weighted by Crippen LogP contribution is 2.47. The van der Waals surface area contributed by atoms with E-state index in [9.17, 15) is 4.79 Å². The molecule has 0 atom stereocenters. The van der Waals surface area contributed by atoms with Gasteiger partial charge in [-0.3, -0.25) is 4.79 Å². The molecule has 1 aliphatic heterocycles. The van der Waals surface area contributed by atoms with Crippen LogP contribution in [0.15, 0.2) is 143 Å². The number of ketones is 1. The summed E-state index contributed by atoms with van der Waals surface area (Å²) >= 11 is 1.78. The molecule has 0 bridgehead atoms. The Balaban J connectivity index is 1.07. The fraction of sp³-hybridized carbons (Fsp3) is 0. The molecular formula is C37H24N2OS. The molecule has 7 aromatic rings. The number of H-pyrrole nitrogens is 1. The van der Waals surface area contributed by atoms with E-state index in [1.54, 1.807) is 11.8 Å². The molecule has 6 aromatic carbocycles. The summed E-state index contributed by atoms with van der Waals surface area (Å²) in [6.07, 6.45) is 0. The summed E-state index contributed by atoms with van der Waals surface area (Å²) in [5, 5.41) is 6.04. The maximum atomic E-state index is 13.4. The lowest BCUT2D eigenvalue weighted by Gasteiger charge is -2.23. The van der Waals surface area contributed by atoms with Crippen LogP contribution in [0.1, 0.15) is 15.9 Å².